The minimum Gasteiger partial charge on any atom is -0.488 e. The van der Waals surface area contributed by atoms with E-state index in [2.05, 4.69) is 10.4 Å². The molecule has 2 heterocycles. The lowest BCUT2D eigenvalue weighted by Gasteiger charge is -2.32. The highest BCUT2D eigenvalue weighted by atomic mass is 16.5. The summed E-state index contributed by atoms with van der Waals surface area (Å²) in [5, 5.41) is 7.04. The Bertz CT molecular complexity index is 1200. The molecule has 4 rings (SSSR count). The van der Waals surface area contributed by atoms with Gasteiger partial charge in [0.05, 0.1) is 17.3 Å². The number of amides is 3. The summed E-state index contributed by atoms with van der Waals surface area (Å²) in [5.41, 5.74) is 7.62. The van der Waals surface area contributed by atoms with E-state index in [1.807, 2.05) is 12.1 Å². The molecule has 2 aromatic carbocycles. The van der Waals surface area contributed by atoms with Gasteiger partial charge in [-0.2, -0.15) is 5.10 Å². The summed E-state index contributed by atoms with van der Waals surface area (Å²) in [5.74, 6) is -0.360. The Morgan fingerprint density at radius 2 is 1.85 bits per heavy atom. The normalized spacial score (nSPS) is 14.0. The summed E-state index contributed by atoms with van der Waals surface area (Å²) < 4.78 is 7.37. The highest BCUT2D eigenvalue weighted by molar-refractivity contribution is 5.96. The third kappa shape index (κ3) is 5.43. The second-order valence-electron chi connectivity index (χ2n) is 8.29. The third-order valence-corrected chi connectivity index (χ3v) is 5.81. The number of aryl methyl sites for hydroxylation is 1. The van der Waals surface area contributed by atoms with Gasteiger partial charge in [-0.1, -0.05) is 24.3 Å². The van der Waals surface area contributed by atoms with Crippen molar-refractivity contribution in [2.24, 2.45) is 12.8 Å². The van der Waals surface area contributed by atoms with Crippen LogP contribution in [0.2, 0.25) is 0 Å². The van der Waals surface area contributed by atoms with E-state index >= 15 is 0 Å². The molecule has 0 aliphatic carbocycles. The topological polar surface area (TPSA) is 120 Å². The van der Waals surface area contributed by atoms with Gasteiger partial charge in [-0.05, 0) is 42.7 Å². The number of aromatic nitrogens is 2. The maximum absolute atomic E-state index is 13.0. The van der Waals surface area contributed by atoms with Crippen molar-refractivity contribution in [1.29, 1.82) is 0 Å². The largest absolute Gasteiger partial charge is 0.488 e. The number of piperidine rings is 1. The summed E-state index contributed by atoms with van der Waals surface area (Å²) in [6.45, 7) is 1.32. The van der Waals surface area contributed by atoms with E-state index < -0.39 is 5.91 Å². The van der Waals surface area contributed by atoms with Gasteiger partial charge >= 0.3 is 0 Å². The number of carbonyl (C=O) groups excluding carboxylic acids is 3. The van der Waals surface area contributed by atoms with E-state index in [-0.39, 0.29) is 24.5 Å². The fourth-order valence-corrected chi connectivity index (χ4v) is 3.97. The van der Waals surface area contributed by atoms with Crippen LogP contribution in [0.4, 0.5) is 0 Å². The Kier molecular flexibility index (Phi) is 6.91. The van der Waals surface area contributed by atoms with Gasteiger partial charge in [0.2, 0.25) is 0 Å². The Balaban J connectivity index is 1.32. The average Bonchev–Trinajstić information content (AvgIpc) is 3.29. The van der Waals surface area contributed by atoms with Crippen molar-refractivity contribution in [2.75, 3.05) is 13.1 Å². The molecule has 9 heteroatoms. The molecule has 0 unspecified atom stereocenters. The van der Waals surface area contributed by atoms with Crippen LogP contribution < -0.4 is 15.8 Å². The predicted octanol–water partition coefficient (Wildman–Crippen LogP) is 2.13. The molecule has 3 N–H and O–H groups in total. The average molecular weight is 462 g/mol. The molecule has 1 fully saturated rings. The van der Waals surface area contributed by atoms with E-state index in [1.165, 1.54) is 6.20 Å². The predicted molar refractivity (Wildman–Crippen MR) is 125 cm³/mol. The molecular formula is C25H27N5O4. The first-order chi connectivity index (χ1) is 16.4. The molecule has 0 radical (unpaired) electrons. The number of carbonyl (C=O) groups is 3. The molecule has 0 saturated carbocycles. The minimum absolute atomic E-state index is 0.0156. The summed E-state index contributed by atoms with van der Waals surface area (Å²) >= 11 is 0. The van der Waals surface area contributed by atoms with Gasteiger partial charge in [-0.15, -0.1) is 0 Å². The molecule has 1 aliphatic heterocycles. The zero-order valence-corrected chi connectivity index (χ0v) is 18.9. The molecule has 3 amide bonds. The Morgan fingerprint density at radius 1 is 1.09 bits per heavy atom. The maximum atomic E-state index is 13.0. The molecular weight excluding hydrogens is 434 g/mol. The lowest BCUT2D eigenvalue weighted by Crippen LogP contribution is -2.46. The lowest BCUT2D eigenvalue weighted by molar-refractivity contribution is 0.0697. The monoisotopic (exact) mass is 461 g/mol. The van der Waals surface area contributed by atoms with Crippen molar-refractivity contribution < 1.29 is 19.1 Å². The highest BCUT2D eigenvalue weighted by Gasteiger charge is 2.25. The molecule has 0 atom stereocenters. The number of likely N-dealkylation sites (tertiary alicyclic amines) is 1. The molecule has 1 saturated heterocycles. The number of ether oxygens (including phenoxy) is 1. The Morgan fingerprint density at radius 3 is 2.56 bits per heavy atom. The fraction of sp³-hybridized carbons (Fsp3) is 0.280. The highest BCUT2D eigenvalue weighted by Crippen LogP contribution is 2.20. The first kappa shape index (κ1) is 23.0. The molecule has 1 aliphatic rings. The molecule has 0 bridgehead atoms. The minimum atomic E-state index is -0.556. The molecule has 3 aromatic rings. The van der Waals surface area contributed by atoms with Gasteiger partial charge in [0.25, 0.3) is 17.7 Å². The SMILES string of the molecule is Cn1cc(C(=O)NC2CCN(C(=O)c3cccc(COc4ccccc4C(N)=O)c3)CC2)cn1. The first-order valence-corrected chi connectivity index (χ1v) is 11.1. The van der Waals surface area contributed by atoms with Crippen molar-refractivity contribution in [3.8, 4) is 5.75 Å². The van der Waals surface area contributed by atoms with E-state index in [0.717, 1.165) is 5.56 Å². The van der Waals surface area contributed by atoms with Gasteiger partial charge in [-0.25, -0.2) is 0 Å². The van der Waals surface area contributed by atoms with Crippen molar-refractivity contribution >= 4 is 17.7 Å². The number of hydrogen-bond acceptors (Lipinski definition) is 5. The van der Waals surface area contributed by atoms with E-state index in [4.69, 9.17) is 10.5 Å². The molecule has 9 nitrogen and oxygen atoms in total. The standard InChI is InChI=1S/C25H27N5O4/c1-29-15-19(14-27-29)24(32)28-20-9-11-30(12-10-20)25(33)18-6-4-5-17(13-18)16-34-22-8-3-2-7-21(22)23(26)31/h2-8,13-15,20H,9-12,16H2,1H3,(H2,26,31)(H,28,32). The van der Waals surface area contributed by atoms with E-state index in [1.54, 1.807) is 59.2 Å². The number of primary amides is 1. The van der Waals surface area contributed by atoms with Crippen molar-refractivity contribution in [3.05, 3.63) is 83.2 Å². The van der Waals surface area contributed by atoms with Crippen LogP contribution in [0.1, 0.15) is 49.5 Å². The van der Waals surface area contributed by atoms with Crippen LogP contribution in [-0.4, -0.2) is 51.5 Å². The smallest absolute Gasteiger partial charge is 0.254 e. The van der Waals surface area contributed by atoms with Crippen LogP contribution in [0.25, 0.3) is 0 Å². The summed E-state index contributed by atoms with van der Waals surface area (Å²) in [6.07, 6.45) is 4.59. The number of rotatable bonds is 7. The van der Waals surface area contributed by atoms with E-state index in [0.29, 0.717) is 48.4 Å². The summed E-state index contributed by atoms with van der Waals surface area (Å²) in [4.78, 5) is 38.8. The fourth-order valence-electron chi connectivity index (χ4n) is 3.97. The van der Waals surface area contributed by atoms with Gasteiger partial charge in [0, 0.05) is 37.9 Å². The van der Waals surface area contributed by atoms with Crippen molar-refractivity contribution in [3.63, 3.8) is 0 Å². The molecule has 34 heavy (non-hydrogen) atoms. The lowest BCUT2D eigenvalue weighted by atomic mass is 10.0. The van der Waals surface area contributed by atoms with Crippen LogP contribution in [0.3, 0.4) is 0 Å². The van der Waals surface area contributed by atoms with Gasteiger partial charge in [0.15, 0.2) is 0 Å². The molecule has 176 valence electrons. The van der Waals surface area contributed by atoms with Crippen molar-refractivity contribution in [2.45, 2.75) is 25.5 Å². The third-order valence-electron chi connectivity index (χ3n) is 5.81. The quantitative estimate of drug-likeness (QED) is 0.559. The van der Waals surface area contributed by atoms with Crippen LogP contribution in [0.5, 0.6) is 5.75 Å². The number of nitrogens with two attached hydrogens (primary N) is 1. The van der Waals surface area contributed by atoms with Crippen LogP contribution in [0, 0.1) is 0 Å². The van der Waals surface area contributed by atoms with Gasteiger partial charge < -0.3 is 20.7 Å². The second kappa shape index (κ2) is 10.2. The van der Waals surface area contributed by atoms with Crippen LogP contribution in [0.15, 0.2) is 60.9 Å². The van der Waals surface area contributed by atoms with Gasteiger partial charge in [-0.3, -0.25) is 19.1 Å². The number of benzene rings is 2. The summed E-state index contributed by atoms with van der Waals surface area (Å²) in [6, 6.07) is 14.1. The van der Waals surface area contributed by atoms with Crippen molar-refractivity contribution in [1.82, 2.24) is 20.0 Å². The van der Waals surface area contributed by atoms with Crippen LogP contribution >= 0.6 is 0 Å². The second-order valence-corrected chi connectivity index (χ2v) is 8.29. The van der Waals surface area contributed by atoms with Crippen LogP contribution in [-0.2, 0) is 13.7 Å². The number of nitrogens with one attached hydrogen (secondary N) is 1. The summed E-state index contributed by atoms with van der Waals surface area (Å²) in [7, 11) is 1.77. The first-order valence-electron chi connectivity index (χ1n) is 11.1. The maximum Gasteiger partial charge on any atom is 0.254 e. The van der Waals surface area contributed by atoms with Gasteiger partial charge in [0.1, 0.15) is 12.4 Å². The zero-order valence-electron chi connectivity index (χ0n) is 18.9. The Hall–Kier alpha value is -4.14. The Labute approximate surface area is 197 Å². The van der Waals surface area contributed by atoms with E-state index in [9.17, 15) is 14.4 Å². The number of hydrogen-bond donors (Lipinski definition) is 2. The molecule has 0 spiro atoms. The zero-order chi connectivity index (χ0) is 24.1. The molecule has 1 aromatic heterocycles. The number of nitrogens with zero attached hydrogens (tertiary/aromatic N) is 3. The number of para-hydroxylation sites is 1.